The van der Waals surface area contributed by atoms with Crippen LogP contribution in [-0.4, -0.2) is 32.6 Å². The predicted octanol–water partition coefficient (Wildman–Crippen LogP) is 1.23. The van der Waals surface area contributed by atoms with Crippen LogP contribution in [0.2, 0.25) is 0 Å². The molecular formula is C13H15NO4. The predicted molar refractivity (Wildman–Crippen MR) is 63.2 cm³/mol. The van der Waals surface area contributed by atoms with E-state index < -0.39 is 0 Å². The number of rotatable bonds is 0. The van der Waals surface area contributed by atoms with E-state index in [2.05, 4.69) is 5.32 Å². The molecule has 1 fully saturated rings. The van der Waals surface area contributed by atoms with Crippen molar-refractivity contribution in [3.63, 3.8) is 0 Å². The van der Waals surface area contributed by atoms with E-state index in [4.69, 9.17) is 18.9 Å². The van der Waals surface area contributed by atoms with Crippen molar-refractivity contribution in [3.8, 4) is 17.2 Å². The van der Waals surface area contributed by atoms with Gasteiger partial charge in [0.05, 0.1) is 13.2 Å². The summed E-state index contributed by atoms with van der Waals surface area (Å²) in [4.78, 5) is 0. The van der Waals surface area contributed by atoms with Crippen LogP contribution < -0.4 is 19.5 Å². The number of hydrogen-bond acceptors (Lipinski definition) is 5. The number of benzene rings is 1. The molecule has 1 saturated heterocycles. The van der Waals surface area contributed by atoms with Gasteiger partial charge in [-0.25, -0.2) is 0 Å². The van der Waals surface area contributed by atoms with Crippen molar-refractivity contribution in [2.45, 2.75) is 18.6 Å². The number of ether oxygens (including phenoxy) is 4. The molecule has 0 aliphatic carbocycles. The summed E-state index contributed by atoms with van der Waals surface area (Å²) in [7, 11) is 0. The van der Waals surface area contributed by atoms with Gasteiger partial charge >= 0.3 is 0 Å². The summed E-state index contributed by atoms with van der Waals surface area (Å²) < 4.78 is 22.7. The molecule has 0 saturated carbocycles. The molecule has 4 rings (SSSR count). The Hall–Kier alpha value is -1.46. The summed E-state index contributed by atoms with van der Waals surface area (Å²) in [5.74, 6) is 2.28. The second-order valence-electron chi connectivity index (χ2n) is 4.71. The molecule has 1 aromatic carbocycles. The average Bonchev–Trinajstić information content (AvgIpc) is 2.80. The Labute approximate surface area is 105 Å². The van der Waals surface area contributed by atoms with E-state index in [1.54, 1.807) is 0 Å². The molecule has 2 atom stereocenters. The molecule has 5 nitrogen and oxygen atoms in total. The van der Waals surface area contributed by atoms with E-state index in [-0.39, 0.29) is 12.9 Å². The lowest BCUT2D eigenvalue weighted by Crippen LogP contribution is -2.43. The highest BCUT2D eigenvalue weighted by atomic mass is 16.7. The van der Waals surface area contributed by atoms with Crippen LogP contribution in [0.5, 0.6) is 17.2 Å². The van der Waals surface area contributed by atoms with Crippen molar-refractivity contribution in [2.24, 2.45) is 0 Å². The molecule has 0 amide bonds. The normalized spacial score (nSPS) is 28.9. The van der Waals surface area contributed by atoms with Gasteiger partial charge in [0.15, 0.2) is 11.5 Å². The number of nitrogens with one attached hydrogen (secondary N) is 1. The Morgan fingerprint density at radius 2 is 2.06 bits per heavy atom. The Balaban J connectivity index is 1.81. The van der Waals surface area contributed by atoms with Crippen LogP contribution >= 0.6 is 0 Å². The number of fused-ring (bicyclic) bond motifs is 5. The Morgan fingerprint density at radius 3 is 3.06 bits per heavy atom. The summed E-state index contributed by atoms with van der Waals surface area (Å²) in [5.41, 5.74) is 1.06. The van der Waals surface area contributed by atoms with Gasteiger partial charge < -0.3 is 24.3 Å². The Bertz CT molecular complexity index is 476. The molecule has 18 heavy (non-hydrogen) atoms. The standard InChI is InChI=1S/C13H15NO4/c1-2-10-13(18-7-17-10)12-8(1)11-9(3-5-15-12)14-4-6-16-11/h1-2,9,11,14H,3-7H2/t9-,11-/m1/s1. The molecule has 96 valence electrons. The lowest BCUT2D eigenvalue weighted by molar-refractivity contribution is -0.00587. The lowest BCUT2D eigenvalue weighted by atomic mass is 9.98. The van der Waals surface area contributed by atoms with E-state index in [1.165, 1.54) is 0 Å². The van der Waals surface area contributed by atoms with Crippen molar-refractivity contribution >= 4 is 0 Å². The van der Waals surface area contributed by atoms with Crippen LogP contribution in [0, 0.1) is 0 Å². The monoisotopic (exact) mass is 249 g/mol. The lowest BCUT2D eigenvalue weighted by Gasteiger charge is -2.31. The first-order valence-corrected chi connectivity index (χ1v) is 6.34. The van der Waals surface area contributed by atoms with Gasteiger partial charge in [0, 0.05) is 18.2 Å². The van der Waals surface area contributed by atoms with Crippen molar-refractivity contribution in [1.82, 2.24) is 5.32 Å². The molecule has 3 aliphatic rings. The summed E-state index contributed by atoms with van der Waals surface area (Å²) >= 11 is 0. The summed E-state index contributed by atoms with van der Waals surface area (Å²) in [6, 6.07) is 4.28. The highest BCUT2D eigenvalue weighted by Crippen LogP contribution is 2.48. The minimum absolute atomic E-state index is 0.0470. The van der Waals surface area contributed by atoms with Gasteiger partial charge in [0.1, 0.15) is 6.10 Å². The molecule has 3 aliphatic heterocycles. The Kier molecular flexibility index (Phi) is 2.34. The third kappa shape index (κ3) is 1.47. The summed E-state index contributed by atoms with van der Waals surface area (Å²) in [6.07, 6.45) is 0.986. The third-order valence-electron chi connectivity index (χ3n) is 3.68. The first kappa shape index (κ1) is 10.5. The maximum Gasteiger partial charge on any atom is 0.231 e. The number of morpholine rings is 1. The fourth-order valence-corrected chi connectivity index (χ4v) is 2.84. The highest BCUT2D eigenvalue weighted by molar-refractivity contribution is 5.58. The van der Waals surface area contributed by atoms with Gasteiger partial charge in [0.2, 0.25) is 12.5 Å². The molecule has 0 aromatic heterocycles. The van der Waals surface area contributed by atoms with Gasteiger partial charge in [-0.15, -0.1) is 0 Å². The second kappa shape index (κ2) is 4.03. The van der Waals surface area contributed by atoms with E-state index >= 15 is 0 Å². The van der Waals surface area contributed by atoms with Crippen LogP contribution in [0.25, 0.3) is 0 Å². The second-order valence-corrected chi connectivity index (χ2v) is 4.71. The molecule has 5 heteroatoms. The van der Waals surface area contributed by atoms with Gasteiger partial charge in [-0.1, -0.05) is 0 Å². The molecule has 0 spiro atoms. The highest BCUT2D eigenvalue weighted by Gasteiger charge is 2.35. The van der Waals surface area contributed by atoms with Gasteiger partial charge in [0.25, 0.3) is 0 Å². The zero-order valence-electron chi connectivity index (χ0n) is 9.98. The van der Waals surface area contributed by atoms with Crippen LogP contribution in [-0.2, 0) is 4.74 Å². The Morgan fingerprint density at radius 1 is 1.06 bits per heavy atom. The molecule has 1 aromatic rings. The topological polar surface area (TPSA) is 49.0 Å². The summed E-state index contributed by atoms with van der Waals surface area (Å²) in [6.45, 7) is 2.57. The zero-order valence-corrected chi connectivity index (χ0v) is 9.98. The van der Waals surface area contributed by atoms with Gasteiger partial charge in [-0.2, -0.15) is 0 Å². The van der Waals surface area contributed by atoms with Crippen molar-refractivity contribution < 1.29 is 18.9 Å². The maximum absolute atomic E-state index is 5.91. The van der Waals surface area contributed by atoms with Crippen molar-refractivity contribution in [2.75, 3.05) is 26.6 Å². The van der Waals surface area contributed by atoms with Crippen LogP contribution in [0.1, 0.15) is 18.1 Å². The van der Waals surface area contributed by atoms with Crippen LogP contribution in [0.3, 0.4) is 0 Å². The summed E-state index contributed by atoms with van der Waals surface area (Å²) in [5, 5.41) is 3.49. The van der Waals surface area contributed by atoms with E-state index in [0.717, 1.165) is 42.4 Å². The van der Waals surface area contributed by atoms with Gasteiger partial charge in [-0.3, -0.25) is 0 Å². The van der Waals surface area contributed by atoms with Crippen LogP contribution in [0.15, 0.2) is 12.1 Å². The molecule has 0 bridgehead atoms. The largest absolute Gasteiger partial charge is 0.489 e. The third-order valence-corrected chi connectivity index (χ3v) is 3.68. The van der Waals surface area contributed by atoms with Crippen molar-refractivity contribution in [3.05, 3.63) is 17.7 Å². The molecule has 3 heterocycles. The van der Waals surface area contributed by atoms with Crippen LogP contribution in [0.4, 0.5) is 0 Å². The average molecular weight is 249 g/mol. The van der Waals surface area contributed by atoms with Crippen molar-refractivity contribution in [1.29, 1.82) is 0 Å². The minimum atomic E-state index is 0.0470. The molecule has 0 unspecified atom stereocenters. The molecule has 0 radical (unpaired) electrons. The smallest absolute Gasteiger partial charge is 0.231 e. The SMILES string of the molecule is c1cc2c(c3c1OCO3)OCC[C@H]1NCCO[C@H]21. The maximum atomic E-state index is 5.91. The molecular weight excluding hydrogens is 234 g/mol. The quantitative estimate of drug-likeness (QED) is 0.749. The fourth-order valence-electron chi connectivity index (χ4n) is 2.84. The first-order valence-electron chi connectivity index (χ1n) is 6.34. The number of hydrogen-bond donors (Lipinski definition) is 1. The first-order chi connectivity index (χ1) is 8.93. The fraction of sp³-hybridized carbons (Fsp3) is 0.538. The minimum Gasteiger partial charge on any atom is -0.489 e. The van der Waals surface area contributed by atoms with E-state index in [0.29, 0.717) is 12.6 Å². The zero-order chi connectivity index (χ0) is 11.9. The van der Waals surface area contributed by atoms with Gasteiger partial charge in [-0.05, 0) is 18.6 Å². The van der Waals surface area contributed by atoms with E-state index in [9.17, 15) is 0 Å². The van der Waals surface area contributed by atoms with E-state index in [1.807, 2.05) is 12.1 Å². The molecule has 1 N–H and O–H groups in total.